The highest BCUT2D eigenvalue weighted by atomic mass is 32.3. The molecular formula is C10H11N5O9S. The zero-order valence-electron chi connectivity index (χ0n) is 12.1. The minimum Gasteiger partial charge on any atom is -0.394 e. The van der Waals surface area contributed by atoms with Crippen LogP contribution in [0.5, 0.6) is 6.01 Å². The number of rotatable bonds is 2. The molecule has 1 fully saturated rings. The fourth-order valence-electron chi connectivity index (χ4n) is 2.71. The first kappa shape index (κ1) is 16.0. The third kappa shape index (κ3) is 2.17. The number of ether oxygens (including phenoxy) is 1. The number of imidazole rings is 1. The molecule has 0 spiro atoms. The van der Waals surface area contributed by atoms with E-state index in [1.54, 1.807) is 0 Å². The van der Waals surface area contributed by atoms with Gasteiger partial charge in [0.15, 0.2) is 17.4 Å². The fraction of sp³-hybridized carbons (Fsp3) is 0.500. The normalized spacial score (nSPS) is 30.2. The van der Waals surface area contributed by atoms with Crippen molar-refractivity contribution >= 4 is 27.5 Å². The molecule has 2 aromatic heterocycles. The summed E-state index contributed by atoms with van der Waals surface area (Å²) < 4.78 is 39.6. The molecule has 0 radical (unpaired) electrons. The molecule has 2 bridgehead atoms. The first-order valence-electron chi connectivity index (χ1n) is 6.81. The number of aliphatic hydroxyl groups is 3. The Labute approximate surface area is 137 Å². The average Bonchev–Trinajstić information content (AvgIpc) is 2.98. The monoisotopic (exact) mass is 377 g/mol. The van der Waals surface area contributed by atoms with Crippen molar-refractivity contribution in [2.45, 2.75) is 24.5 Å². The van der Waals surface area contributed by atoms with Gasteiger partial charge in [-0.25, -0.2) is 4.57 Å². The predicted octanol–water partition coefficient (Wildman–Crippen LogP) is -4.15. The second-order valence-electron chi connectivity index (χ2n) is 5.30. The van der Waals surface area contributed by atoms with E-state index in [2.05, 4.69) is 18.4 Å². The van der Waals surface area contributed by atoms with E-state index in [9.17, 15) is 28.5 Å². The predicted molar refractivity (Wildman–Crippen MR) is 75.3 cm³/mol. The summed E-state index contributed by atoms with van der Waals surface area (Å²) in [7, 11) is -4.67. The van der Waals surface area contributed by atoms with E-state index in [0.717, 1.165) is 4.57 Å². The van der Waals surface area contributed by atoms with Gasteiger partial charge in [-0.2, -0.15) is 9.97 Å². The molecule has 0 aromatic carbocycles. The summed E-state index contributed by atoms with van der Waals surface area (Å²) in [6.45, 7) is -0.622. The van der Waals surface area contributed by atoms with Crippen LogP contribution < -0.4 is 19.8 Å². The highest BCUT2D eigenvalue weighted by Crippen LogP contribution is 2.36. The van der Waals surface area contributed by atoms with Crippen LogP contribution in [0, 0.1) is 0 Å². The van der Waals surface area contributed by atoms with Crippen LogP contribution >= 0.6 is 0 Å². The molecule has 2 aliphatic heterocycles. The van der Waals surface area contributed by atoms with Gasteiger partial charge in [-0.15, -0.1) is 13.1 Å². The molecule has 0 aliphatic carbocycles. The maximum absolute atomic E-state index is 12.0. The first-order chi connectivity index (χ1) is 11.7. The number of nitrogens with two attached hydrogens (primary N) is 1. The largest absolute Gasteiger partial charge is 0.523 e. The summed E-state index contributed by atoms with van der Waals surface area (Å²) in [6.07, 6.45) is -5.70. The lowest BCUT2D eigenvalue weighted by Crippen LogP contribution is -2.33. The van der Waals surface area contributed by atoms with Crippen molar-refractivity contribution in [3.8, 4) is 6.01 Å². The molecule has 0 amide bonds. The third-order valence-corrected chi connectivity index (χ3v) is 4.47. The van der Waals surface area contributed by atoms with Crippen LogP contribution in [0.4, 0.5) is 5.95 Å². The molecular weight excluding hydrogens is 366 g/mol. The van der Waals surface area contributed by atoms with Gasteiger partial charge in [0, 0.05) is 0 Å². The maximum Gasteiger partial charge on any atom is 0.523 e. The van der Waals surface area contributed by atoms with Gasteiger partial charge in [0.25, 0.3) is 0 Å². The smallest absolute Gasteiger partial charge is 0.394 e. The maximum atomic E-state index is 12.0. The Morgan fingerprint density at radius 1 is 1.24 bits per heavy atom. The first-order valence-corrected chi connectivity index (χ1v) is 8.14. The SMILES string of the molecule is Nc1nc(=O)c2nc3n(C4OC(CO)C(O)C4O)c2n1OS(=O)(=O)O3. The van der Waals surface area contributed by atoms with Gasteiger partial charge in [-0.1, -0.05) is 0 Å². The minimum atomic E-state index is -4.67. The van der Waals surface area contributed by atoms with Crippen LogP contribution in [0.15, 0.2) is 4.79 Å². The lowest BCUT2D eigenvalue weighted by atomic mass is 10.1. The Morgan fingerprint density at radius 3 is 2.60 bits per heavy atom. The van der Waals surface area contributed by atoms with Gasteiger partial charge in [0.05, 0.1) is 6.61 Å². The molecule has 2 aliphatic rings. The van der Waals surface area contributed by atoms with Crippen molar-refractivity contribution in [2.75, 3.05) is 12.3 Å². The molecule has 1 saturated heterocycles. The Kier molecular flexibility index (Phi) is 3.22. The van der Waals surface area contributed by atoms with Crippen molar-refractivity contribution in [2.24, 2.45) is 0 Å². The molecule has 14 nitrogen and oxygen atoms in total. The number of fused-ring (bicyclic) bond motifs is 1. The topological polar surface area (TPSA) is 201 Å². The van der Waals surface area contributed by atoms with Crippen LogP contribution in [0.1, 0.15) is 6.23 Å². The average molecular weight is 377 g/mol. The summed E-state index contributed by atoms with van der Waals surface area (Å²) in [5, 5.41) is 29.3. The Bertz CT molecular complexity index is 1030. The van der Waals surface area contributed by atoms with Crippen LogP contribution in [-0.2, 0) is 15.1 Å². The lowest BCUT2D eigenvalue weighted by Gasteiger charge is -2.17. The molecule has 4 rings (SSSR count). The Morgan fingerprint density at radius 2 is 1.96 bits per heavy atom. The van der Waals surface area contributed by atoms with Crippen molar-refractivity contribution in [3.63, 3.8) is 0 Å². The number of nitrogens with zero attached hydrogens (tertiary/aromatic N) is 4. The summed E-state index contributed by atoms with van der Waals surface area (Å²) >= 11 is 0. The van der Waals surface area contributed by atoms with E-state index in [0.29, 0.717) is 4.73 Å². The van der Waals surface area contributed by atoms with Crippen LogP contribution in [0.25, 0.3) is 11.2 Å². The molecule has 15 heteroatoms. The van der Waals surface area contributed by atoms with Gasteiger partial charge in [-0.05, 0) is 0 Å². The molecule has 4 atom stereocenters. The molecule has 25 heavy (non-hydrogen) atoms. The van der Waals surface area contributed by atoms with E-state index in [-0.39, 0.29) is 11.2 Å². The summed E-state index contributed by atoms with van der Waals surface area (Å²) in [5.41, 5.74) is 3.95. The number of hydrogen-bond donors (Lipinski definition) is 4. The van der Waals surface area contributed by atoms with Gasteiger partial charge < -0.3 is 30.0 Å². The third-order valence-electron chi connectivity index (χ3n) is 3.79. The number of hydrogen-bond acceptors (Lipinski definition) is 12. The van der Waals surface area contributed by atoms with Gasteiger partial charge in [-0.3, -0.25) is 9.08 Å². The lowest BCUT2D eigenvalue weighted by molar-refractivity contribution is -0.0528. The van der Waals surface area contributed by atoms with E-state index in [1.807, 2.05) is 0 Å². The standard InChI is InChI=1S/C10H11N5O9S/c11-9-13-6(19)3-7-14(8-5(18)4(17)2(1-16)22-8)10(12-3)23-25(20,21)24-15(7)9/h2,4-5,8,16-18H,1H2,(H2,11,13,19). The van der Waals surface area contributed by atoms with Gasteiger partial charge in [0.2, 0.25) is 5.95 Å². The quantitative estimate of drug-likeness (QED) is 0.394. The summed E-state index contributed by atoms with van der Waals surface area (Å²) in [4.78, 5) is 19.1. The number of nitrogen functional groups attached to an aromatic ring is 1. The van der Waals surface area contributed by atoms with Crippen molar-refractivity contribution in [1.29, 1.82) is 0 Å². The van der Waals surface area contributed by atoms with Crippen LogP contribution in [-0.4, -0.2) is 67.9 Å². The van der Waals surface area contributed by atoms with E-state index < -0.39 is 59.1 Å². The van der Waals surface area contributed by atoms with Crippen molar-refractivity contribution in [1.82, 2.24) is 19.3 Å². The van der Waals surface area contributed by atoms with Gasteiger partial charge >= 0.3 is 22.0 Å². The highest BCUT2D eigenvalue weighted by molar-refractivity contribution is 7.82. The molecule has 0 saturated carbocycles. The highest BCUT2D eigenvalue weighted by Gasteiger charge is 2.47. The second-order valence-corrected chi connectivity index (χ2v) is 6.43. The zero-order chi connectivity index (χ0) is 18.1. The summed E-state index contributed by atoms with van der Waals surface area (Å²) in [6, 6.07) is -0.666. The molecule has 5 N–H and O–H groups in total. The molecule has 2 aromatic rings. The van der Waals surface area contributed by atoms with Gasteiger partial charge in [0.1, 0.15) is 18.3 Å². The number of anilines is 1. The van der Waals surface area contributed by atoms with Crippen LogP contribution in [0.3, 0.4) is 0 Å². The minimum absolute atomic E-state index is 0.316. The Balaban J connectivity index is 2.03. The molecule has 4 unspecified atom stereocenters. The second kappa shape index (κ2) is 5.02. The van der Waals surface area contributed by atoms with Crippen molar-refractivity contribution < 1.29 is 36.9 Å². The van der Waals surface area contributed by atoms with E-state index >= 15 is 0 Å². The van der Waals surface area contributed by atoms with E-state index in [4.69, 9.17) is 10.5 Å². The molecule has 136 valence electrons. The van der Waals surface area contributed by atoms with Crippen molar-refractivity contribution in [3.05, 3.63) is 10.4 Å². The zero-order valence-corrected chi connectivity index (χ0v) is 12.9. The summed E-state index contributed by atoms with van der Waals surface area (Å²) in [5.74, 6) is -0.619. The fourth-order valence-corrected chi connectivity index (χ4v) is 3.37. The van der Waals surface area contributed by atoms with E-state index in [1.165, 1.54) is 0 Å². The van der Waals surface area contributed by atoms with Crippen LogP contribution in [0.2, 0.25) is 0 Å². The number of aromatic nitrogens is 4. The molecule has 4 heterocycles. The number of aliphatic hydroxyl groups excluding tert-OH is 3. The Hall–Kier alpha value is -2.46.